The number of halogens is 1. The molecule has 0 aliphatic heterocycles. The lowest BCUT2D eigenvalue weighted by molar-refractivity contribution is 0.0296. The van der Waals surface area contributed by atoms with E-state index in [1.54, 1.807) is 0 Å². The minimum absolute atomic E-state index is 0.0818. The highest BCUT2D eigenvalue weighted by atomic mass is 79.9. The summed E-state index contributed by atoms with van der Waals surface area (Å²) in [5, 5.41) is 1.01. The lowest BCUT2D eigenvalue weighted by atomic mass is 10.0. The first-order chi connectivity index (χ1) is 8.56. The van der Waals surface area contributed by atoms with E-state index in [9.17, 15) is 0 Å². The van der Waals surface area contributed by atoms with E-state index in [2.05, 4.69) is 60.0 Å². The van der Waals surface area contributed by atoms with E-state index in [4.69, 9.17) is 4.74 Å². The normalized spacial score (nSPS) is 16.2. The number of ether oxygens (including phenoxy) is 1. The van der Waals surface area contributed by atoms with Crippen molar-refractivity contribution in [2.75, 3.05) is 32.1 Å². The molecule has 0 aromatic carbocycles. The van der Waals surface area contributed by atoms with Gasteiger partial charge in [-0.05, 0) is 45.7 Å². The van der Waals surface area contributed by atoms with E-state index in [0.29, 0.717) is 0 Å². The average Bonchev–Trinajstić information content (AvgIpc) is 2.36. The van der Waals surface area contributed by atoms with Crippen molar-refractivity contribution < 1.29 is 4.74 Å². The second-order valence-electron chi connectivity index (χ2n) is 5.52. The van der Waals surface area contributed by atoms with Gasteiger partial charge in [0.25, 0.3) is 0 Å². The van der Waals surface area contributed by atoms with Crippen molar-refractivity contribution in [1.29, 1.82) is 0 Å². The molecule has 0 heterocycles. The minimum Gasteiger partial charge on any atom is -0.380 e. The summed E-state index contributed by atoms with van der Waals surface area (Å²) < 4.78 is 5.74. The summed E-state index contributed by atoms with van der Waals surface area (Å²) in [6.07, 6.45) is 10.3. The molecule has 104 valence electrons. The molecular formula is C15H26BrNO. The van der Waals surface area contributed by atoms with Crippen LogP contribution in [0.1, 0.15) is 33.1 Å². The van der Waals surface area contributed by atoms with Gasteiger partial charge < -0.3 is 4.74 Å². The van der Waals surface area contributed by atoms with Crippen molar-refractivity contribution in [2.24, 2.45) is 0 Å². The maximum absolute atomic E-state index is 5.74. The molecule has 0 aromatic rings. The predicted molar refractivity (Wildman–Crippen MR) is 82.4 cm³/mol. The fraction of sp³-hybridized carbons (Fsp3) is 0.733. The van der Waals surface area contributed by atoms with Crippen LogP contribution in [0.2, 0.25) is 0 Å². The van der Waals surface area contributed by atoms with Crippen LogP contribution in [-0.4, -0.2) is 42.6 Å². The standard InChI is InChI=1S/C15H26BrNO/c1-15(2,13-18-11-7-10-16)17(3)12-14-8-5-4-6-9-14/h5,8-9H,4,6-7,10-13H2,1-3H3. The zero-order valence-electron chi connectivity index (χ0n) is 11.9. The van der Waals surface area contributed by atoms with Crippen LogP contribution in [0.3, 0.4) is 0 Å². The third-order valence-corrected chi connectivity index (χ3v) is 3.96. The topological polar surface area (TPSA) is 12.5 Å². The van der Waals surface area contributed by atoms with E-state index >= 15 is 0 Å². The fourth-order valence-electron chi connectivity index (χ4n) is 1.86. The van der Waals surface area contributed by atoms with Crippen molar-refractivity contribution in [3.8, 4) is 0 Å². The SMILES string of the molecule is CN(CC1=CCCC=C1)C(C)(C)COCCCBr. The summed E-state index contributed by atoms with van der Waals surface area (Å²) in [4.78, 5) is 2.38. The summed E-state index contributed by atoms with van der Waals surface area (Å²) in [6.45, 7) is 7.12. The third kappa shape index (κ3) is 5.68. The van der Waals surface area contributed by atoms with Gasteiger partial charge in [-0.1, -0.05) is 34.2 Å². The molecule has 3 heteroatoms. The summed E-state index contributed by atoms with van der Waals surface area (Å²) in [5.41, 5.74) is 1.51. The van der Waals surface area contributed by atoms with Gasteiger partial charge in [-0.25, -0.2) is 0 Å². The van der Waals surface area contributed by atoms with E-state index in [1.807, 2.05) is 0 Å². The maximum Gasteiger partial charge on any atom is 0.0645 e. The number of likely N-dealkylation sites (N-methyl/N-ethyl adjacent to an activating group) is 1. The summed E-state index contributed by atoms with van der Waals surface area (Å²) in [5.74, 6) is 0. The van der Waals surface area contributed by atoms with Gasteiger partial charge in [-0.3, -0.25) is 4.90 Å². The van der Waals surface area contributed by atoms with Crippen LogP contribution in [0, 0.1) is 0 Å². The van der Waals surface area contributed by atoms with Crippen LogP contribution in [0.25, 0.3) is 0 Å². The van der Waals surface area contributed by atoms with E-state index in [0.717, 1.165) is 31.5 Å². The Morgan fingerprint density at radius 2 is 2.17 bits per heavy atom. The van der Waals surface area contributed by atoms with Crippen LogP contribution >= 0.6 is 15.9 Å². The molecule has 0 N–H and O–H groups in total. The Morgan fingerprint density at radius 1 is 1.39 bits per heavy atom. The van der Waals surface area contributed by atoms with E-state index in [1.165, 1.54) is 18.4 Å². The number of hydrogen-bond acceptors (Lipinski definition) is 2. The number of hydrogen-bond donors (Lipinski definition) is 0. The van der Waals surface area contributed by atoms with Crippen LogP contribution in [0.5, 0.6) is 0 Å². The molecule has 0 radical (unpaired) electrons. The largest absolute Gasteiger partial charge is 0.380 e. The molecule has 0 atom stereocenters. The molecule has 0 fully saturated rings. The predicted octanol–water partition coefficient (Wildman–Crippen LogP) is 3.77. The van der Waals surface area contributed by atoms with E-state index in [-0.39, 0.29) is 5.54 Å². The Morgan fingerprint density at radius 3 is 2.78 bits per heavy atom. The Labute approximate surface area is 120 Å². The van der Waals surface area contributed by atoms with E-state index < -0.39 is 0 Å². The lowest BCUT2D eigenvalue weighted by Gasteiger charge is -2.36. The first-order valence-corrected chi connectivity index (χ1v) is 7.89. The van der Waals surface area contributed by atoms with Crippen molar-refractivity contribution >= 4 is 15.9 Å². The first kappa shape index (κ1) is 15.9. The monoisotopic (exact) mass is 315 g/mol. The van der Waals surface area contributed by atoms with Crippen molar-refractivity contribution in [1.82, 2.24) is 4.90 Å². The second-order valence-corrected chi connectivity index (χ2v) is 6.32. The first-order valence-electron chi connectivity index (χ1n) is 6.77. The molecule has 0 amide bonds. The zero-order valence-corrected chi connectivity index (χ0v) is 13.5. The summed E-state index contributed by atoms with van der Waals surface area (Å²) in [6, 6.07) is 0. The molecule has 1 aliphatic carbocycles. The van der Waals surface area contributed by atoms with Gasteiger partial charge >= 0.3 is 0 Å². The number of rotatable bonds is 8. The molecule has 0 bridgehead atoms. The molecule has 0 spiro atoms. The molecule has 2 nitrogen and oxygen atoms in total. The molecule has 0 saturated heterocycles. The zero-order chi connectivity index (χ0) is 13.4. The van der Waals surface area contributed by atoms with Crippen molar-refractivity contribution in [3.05, 3.63) is 23.8 Å². The summed E-state index contributed by atoms with van der Waals surface area (Å²) >= 11 is 3.42. The van der Waals surface area contributed by atoms with Gasteiger partial charge in [0.05, 0.1) is 6.61 Å². The van der Waals surface area contributed by atoms with Gasteiger partial charge in [-0.2, -0.15) is 0 Å². The second kappa shape index (κ2) is 8.13. The van der Waals surface area contributed by atoms with Crippen LogP contribution < -0.4 is 0 Å². The Balaban J connectivity index is 2.35. The smallest absolute Gasteiger partial charge is 0.0645 e. The van der Waals surface area contributed by atoms with Gasteiger partial charge in [-0.15, -0.1) is 0 Å². The number of alkyl halides is 1. The Kier molecular flexibility index (Phi) is 7.20. The van der Waals surface area contributed by atoms with Crippen LogP contribution in [0.4, 0.5) is 0 Å². The van der Waals surface area contributed by atoms with Crippen LogP contribution in [0.15, 0.2) is 23.8 Å². The molecule has 0 aromatic heterocycles. The molecular weight excluding hydrogens is 290 g/mol. The molecule has 0 unspecified atom stereocenters. The number of allylic oxidation sites excluding steroid dienone is 2. The average molecular weight is 316 g/mol. The Hall–Kier alpha value is -0.120. The van der Waals surface area contributed by atoms with Gasteiger partial charge in [0.2, 0.25) is 0 Å². The van der Waals surface area contributed by atoms with Crippen LogP contribution in [-0.2, 0) is 4.74 Å². The van der Waals surface area contributed by atoms with Gasteiger partial charge in [0, 0.05) is 24.0 Å². The third-order valence-electron chi connectivity index (χ3n) is 3.40. The summed E-state index contributed by atoms with van der Waals surface area (Å²) in [7, 11) is 2.18. The molecule has 0 saturated carbocycles. The fourth-order valence-corrected chi connectivity index (χ4v) is 2.09. The highest BCUT2D eigenvalue weighted by Crippen LogP contribution is 2.17. The van der Waals surface area contributed by atoms with Gasteiger partial charge in [0.15, 0.2) is 0 Å². The maximum atomic E-state index is 5.74. The highest BCUT2D eigenvalue weighted by Gasteiger charge is 2.24. The quantitative estimate of drug-likeness (QED) is 0.499. The lowest BCUT2D eigenvalue weighted by Crippen LogP contribution is -2.45. The number of nitrogens with zero attached hydrogens (tertiary/aromatic N) is 1. The van der Waals surface area contributed by atoms with Crippen molar-refractivity contribution in [2.45, 2.75) is 38.6 Å². The molecule has 1 aliphatic rings. The Bertz CT molecular complexity index is 297. The van der Waals surface area contributed by atoms with Crippen molar-refractivity contribution in [3.63, 3.8) is 0 Å². The minimum atomic E-state index is 0.0818. The van der Waals surface area contributed by atoms with Gasteiger partial charge in [0.1, 0.15) is 0 Å². The molecule has 1 rings (SSSR count). The molecule has 18 heavy (non-hydrogen) atoms. The highest BCUT2D eigenvalue weighted by molar-refractivity contribution is 9.09.